The molecule has 1 aliphatic rings. The maximum Gasteiger partial charge on any atom is 0.305 e. The Morgan fingerprint density at radius 2 is 2.25 bits per heavy atom. The lowest BCUT2D eigenvalue weighted by Gasteiger charge is -1.99. The Balaban J connectivity index is 2.04. The van der Waals surface area contributed by atoms with Crippen LogP contribution in [0.3, 0.4) is 0 Å². The minimum atomic E-state index is -0.145. The molecule has 16 heavy (non-hydrogen) atoms. The largest absolute Gasteiger partial charge is 0.469 e. The van der Waals surface area contributed by atoms with E-state index in [2.05, 4.69) is 4.74 Å². The Labute approximate surface area is 96.2 Å². The zero-order valence-corrected chi connectivity index (χ0v) is 9.70. The van der Waals surface area contributed by atoms with Gasteiger partial charge in [0, 0.05) is 6.42 Å². The predicted octanol–water partition coefficient (Wildman–Crippen LogP) is 2.57. The third kappa shape index (κ3) is 4.43. The summed E-state index contributed by atoms with van der Waals surface area (Å²) in [6.07, 6.45) is 10.6. The topological polar surface area (TPSA) is 43.4 Å². The monoisotopic (exact) mass is 222 g/mol. The van der Waals surface area contributed by atoms with Gasteiger partial charge in [0.15, 0.2) is 5.78 Å². The molecular weight excluding hydrogens is 204 g/mol. The molecule has 0 aromatic carbocycles. The zero-order chi connectivity index (χ0) is 11.8. The van der Waals surface area contributed by atoms with Crippen molar-refractivity contribution in [2.24, 2.45) is 0 Å². The smallest absolute Gasteiger partial charge is 0.305 e. The molecule has 0 aromatic rings. The molecule has 0 radical (unpaired) electrons. The summed E-state index contributed by atoms with van der Waals surface area (Å²) in [7, 11) is 1.41. The van der Waals surface area contributed by atoms with Crippen LogP contribution in [0.4, 0.5) is 0 Å². The lowest BCUT2D eigenvalue weighted by Crippen LogP contribution is -1.99. The van der Waals surface area contributed by atoms with Gasteiger partial charge in [0.1, 0.15) is 0 Å². The second kappa shape index (κ2) is 6.99. The van der Waals surface area contributed by atoms with Gasteiger partial charge in [0.05, 0.1) is 7.11 Å². The summed E-state index contributed by atoms with van der Waals surface area (Å²) in [6.45, 7) is 0. The molecule has 0 bridgehead atoms. The number of ketones is 1. The van der Waals surface area contributed by atoms with Crippen molar-refractivity contribution in [3.8, 4) is 0 Å². The molecule has 0 heterocycles. The molecule has 88 valence electrons. The molecular formula is C13H18O3. The SMILES string of the molecule is COC(=O)CCCCC/C=C1\CC=CC1=O. The molecule has 3 nitrogen and oxygen atoms in total. The van der Waals surface area contributed by atoms with Crippen molar-refractivity contribution >= 4 is 11.8 Å². The van der Waals surface area contributed by atoms with E-state index in [0.717, 1.165) is 37.7 Å². The van der Waals surface area contributed by atoms with E-state index >= 15 is 0 Å². The molecule has 0 fully saturated rings. The molecule has 0 saturated heterocycles. The van der Waals surface area contributed by atoms with E-state index in [4.69, 9.17) is 0 Å². The van der Waals surface area contributed by atoms with Crippen molar-refractivity contribution in [2.45, 2.75) is 38.5 Å². The van der Waals surface area contributed by atoms with Crippen LogP contribution < -0.4 is 0 Å². The van der Waals surface area contributed by atoms with Crippen LogP contribution in [0.5, 0.6) is 0 Å². The summed E-state index contributed by atoms with van der Waals surface area (Å²) in [5, 5.41) is 0. The summed E-state index contributed by atoms with van der Waals surface area (Å²) in [6, 6.07) is 0. The number of carbonyl (C=O) groups is 2. The molecule has 0 amide bonds. The number of carbonyl (C=O) groups excluding carboxylic acids is 2. The van der Waals surface area contributed by atoms with E-state index in [1.807, 2.05) is 12.2 Å². The van der Waals surface area contributed by atoms with Gasteiger partial charge in [-0.25, -0.2) is 0 Å². The van der Waals surface area contributed by atoms with Crippen molar-refractivity contribution in [3.05, 3.63) is 23.8 Å². The maximum atomic E-state index is 11.2. The number of allylic oxidation sites excluding steroid dienone is 4. The fraction of sp³-hybridized carbons (Fsp3) is 0.538. The molecule has 3 heteroatoms. The Morgan fingerprint density at radius 1 is 1.44 bits per heavy atom. The van der Waals surface area contributed by atoms with Gasteiger partial charge >= 0.3 is 5.97 Å². The first-order chi connectivity index (χ1) is 7.74. The van der Waals surface area contributed by atoms with Crippen LogP contribution >= 0.6 is 0 Å². The van der Waals surface area contributed by atoms with Crippen molar-refractivity contribution in [3.63, 3.8) is 0 Å². The van der Waals surface area contributed by atoms with E-state index in [1.54, 1.807) is 6.08 Å². The van der Waals surface area contributed by atoms with Crippen molar-refractivity contribution in [2.75, 3.05) is 7.11 Å². The lowest BCUT2D eigenvalue weighted by atomic mass is 10.1. The Hall–Kier alpha value is -1.38. The lowest BCUT2D eigenvalue weighted by molar-refractivity contribution is -0.140. The van der Waals surface area contributed by atoms with Gasteiger partial charge in [0.2, 0.25) is 0 Å². The average Bonchev–Trinajstić information content (AvgIpc) is 2.69. The van der Waals surface area contributed by atoms with E-state index < -0.39 is 0 Å². The van der Waals surface area contributed by atoms with Crippen LogP contribution in [0.15, 0.2) is 23.8 Å². The first kappa shape index (κ1) is 12.7. The minimum absolute atomic E-state index is 0.145. The van der Waals surface area contributed by atoms with Crippen LogP contribution in [0.25, 0.3) is 0 Å². The normalized spacial score (nSPS) is 17.1. The molecule has 0 N–H and O–H groups in total. The van der Waals surface area contributed by atoms with Gasteiger partial charge in [-0.2, -0.15) is 0 Å². The van der Waals surface area contributed by atoms with Crippen molar-refractivity contribution < 1.29 is 14.3 Å². The summed E-state index contributed by atoms with van der Waals surface area (Å²) in [5.74, 6) is 0.00286. The maximum absolute atomic E-state index is 11.2. The summed E-state index contributed by atoms with van der Waals surface area (Å²) < 4.78 is 4.55. The van der Waals surface area contributed by atoms with Gasteiger partial charge in [-0.15, -0.1) is 0 Å². The zero-order valence-electron chi connectivity index (χ0n) is 9.70. The Morgan fingerprint density at radius 3 is 2.88 bits per heavy atom. The highest BCUT2D eigenvalue weighted by atomic mass is 16.5. The molecule has 0 aromatic heterocycles. The summed E-state index contributed by atoms with van der Waals surface area (Å²) >= 11 is 0. The number of rotatable bonds is 6. The number of unbranched alkanes of at least 4 members (excludes halogenated alkanes) is 3. The fourth-order valence-electron chi connectivity index (χ4n) is 1.65. The third-order valence-electron chi connectivity index (χ3n) is 2.63. The molecule has 0 spiro atoms. The summed E-state index contributed by atoms with van der Waals surface area (Å²) in [5.41, 5.74) is 0.910. The highest BCUT2D eigenvalue weighted by Crippen LogP contribution is 2.15. The summed E-state index contributed by atoms with van der Waals surface area (Å²) in [4.78, 5) is 22.0. The van der Waals surface area contributed by atoms with E-state index in [1.165, 1.54) is 7.11 Å². The molecule has 1 aliphatic carbocycles. The van der Waals surface area contributed by atoms with E-state index in [-0.39, 0.29) is 11.8 Å². The fourth-order valence-corrected chi connectivity index (χ4v) is 1.65. The molecule has 1 rings (SSSR count). The van der Waals surface area contributed by atoms with Crippen LogP contribution in [0, 0.1) is 0 Å². The van der Waals surface area contributed by atoms with E-state index in [9.17, 15) is 9.59 Å². The first-order valence-corrected chi connectivity index (χ1v) is 5.70. The number of methoxy groups -OCH3 is 1. The van der Waals surface area contributed by atoms with Crippen molar-refractivity contribution in [1.82, 2.24) is 0 Å². The molecule has 0 aliphatic heterocycles. The Kier molecular flexibility index (Phi) is 5.54. The van der Waals surface area contributed by atoms with Crippen molar-refractivity contribution in [1.29, 1.82) is 0 Å². The quantitative estimate of drug-likeness (QED) is 0.394. The number of hydrogen-bond donors (Lipinski definition) is 0. The molecule has 0 unspecified atom stereocenters. The number of esters is 1. The van der Waals surface area contributed by atoms with Crippen LogP contribution in [-0.2, 0) is 14.3 Å². The first-order valence-electron chi connectivity index (χ1n) is 5.70. The molecule has 0 atom stereocenters. The third-order valence-corrected chi connectivity index (χ3v) is 2.63. The van der Waals surface area contributed by atoms with Gasteiger partial charge in [-0.1, -0.05) is 18.6 Å². The standard InChI is InChI=1S/C13H18O3/c1-16-13(15)10-5-3-2-4-7-11-8-6-9-12(11)14/h6-7,9H,2-5,8,10H2,1H3/b11-7+. The number of hydrogen-bond acceptors (Lipinski definition) is 3. The highest BCUT2D eigenvalue weighted by Gasteiger charge is 2.09. The van der Waals surface area contributed by atoms with Gasteiger partial charge in [0.25, 0.3) is 0 Å². The van der Waals surface area contributed by atoms with Crippen LogP contribution in [-0.4, -0.2) is 18.9 Å². The number of ether oxygens (including phenoxy) is 1. The van der Waals surface area contributed by atoms with Crippen LogP contribution in [0.1, 0.15) is 38.5 Å². The second-order valence-electron chi connectivity index (χ2n) is 3.88. The van der Waals surface area contributed by atoms with Gasteiger partial charge in [-0.05, 0) is 37.3 Å². The Bertz CT molecular complexity index is 313. The highest BCUT2D eigenvalue weighted by molar-refractivity contribution is 6.06. The van der Waals surface area contributed by atoms with E-state index in [0.29, 0.717) is 6.42 Å². The van der Waals surface area contributed by atoms with Gasteiger partial charge in [-0.3, -0.25) is 9.59 Å². The minimum Gasteiger partial charge on any atom is -0.469 e. The van der Waals surface area contributed by atoms with Crippen LogP contribution in [0.2, 0.25) is 0 Å². The average molecular weight is 222 g/mol. The molecule has 0 saturated carbocycles. The predicted molar refractivity (Wildman–Crippen MR) is 61.9 cm³/mol. The second-order valence-corrected chi connectivity index (χ2v) is 3.88. The van der Waals surface area contributed by atoms with Gasteiger partial charge < -0.3 is 4.74 Å².